The maximum atomic E-state index is 12.0. The molecule has 0 unspecified atom stereocenters. The van der Waals surface area contributed by atoms with Gasteiger partial charge in [0.1, 0.15) is 5.75 Å². The van der Waals surface area contributed by atoms with Crippen molar-refractivity contribution in [2.45, 2.75) is 19.8 Å². The van der Waals surface area contributed by atoms with Crippen molar-refractivity contribution in [2.24, 2.45) is 5.41 Å². The Balaban J connectivity index is 1.95. The molecule has 0 spiro atoms. The van der Waals surface area contributed by atoms with E-state index >= 15 is 0 Å². The summed E-state index contributed by atoms with van der Waals surface area (Å²) in [6.07, 6.45) is 1.89. The molecule has 1 saturated heterocycles. The summed E-state index contributed by atoms with van der Waals surface area (Å²) in [5, 5.41) is 12.4. The normalized spacial score (nSPS) is 17.9. The molecule has 0 atom stereocenters. The molecule has 0 bridgehead atoms. The molecule has 104 valence electrons. The van der Waals surface area contributed by atoms with Crippen LogP contribution in [0.5, 0.6) is 5.75 Å². The molecule has 1 aromatic rings. The highest BCUT2D eigenvalue weighted by Gasteiger charge is 2.27. The van der Waals surface area contributed by atoms with E-state index in [-0.39, 0.29) is 22.8 Å². The number of aromatic hydroxyl groups is 1. The second kappa shape index (κ2) is 5.48. The molecule has 1 heterocycles. The number of hydrogen-bond donors (Lipinski definition) is 3. The molecule has 2 rings (SSSR count). The number of carbonyl (C=O) groups excluding carboxylic acids is 1. The van der Waals surface area contributed by atoms with E-state index in [2.05, 4.69) is 12.2 Å². The van der Waals surface area contributed by atoms with Gasteiger partial charge in [-0.25, -0.2) is 0 Å². The Labute approximate surface area is 112 Å². The van der Waals surface area contributed by atoms with E-state index in [9.17, 15) is 9.90 Å². The van der Waals surface area contributed by atoms with Gasteiger partial charge in [0, 0.05) is 25.3 Å². The highest BCUT2D eigenvalue weighted by molar-refractivity contribution is 5.95. The number of rotatable bonds is 3. The smallest absolute Gasteiger partial charge is 0.251 e. The molecular weight excluding hydrogens is 244 g/mol. The second-order valence-electron chi connectivity index (χ2n) is 5.38. The third kappa shape index (κ3) is 3.38. The predicted octanol–water partition coefficient (Wildman–Crippen LogP) is 1.52. The molecule has 1 aliphatic heterocycles. The summed E-state index contributed by atoms with van der Waals surface area (Å²) >= 11 is 0. The van der Waals surface area contributed by atoms with E-state index in [0.717, 1.165) is 26.1 Å². The van der Waals surface area contributed by atoms with Crippen LogP contribution in [0.15, 0.2) is 18.2 Å². The minimum atomic E-state index is -0.192. The van der Waals surface area contributed by atoms with Gasteiger partial charge in [-0.15, -0.1) is 0 Å². The summed E-state index contributed by atoms with van der Waals surface area (Å²) in [6, 6.07) is 4.52. The van der Waals surface area contributed by atoms with Gasteiger partial charge in [0.15, 0.2) is 0 Å². The van der Waals surface area contributed by atoms with E-state index in [1.54, 1.807) is 6.07 Å². The third-order valence-electron chi connectivity index (χ3n) is 3.67. The molecule has 5 heteroatoms. The fourth-order valence-corrected chi connectivity index (χ4v) is 2.12. The lowest BCUT2D eigenvalue weighted by Gasteiger charge is -2.33. The lowest BCUT2D eigenvalue weighted by Crippen LogP contribution is -2.39. The Hall–Kier alpha value is -1.75. The lowest BCUT2D eigenvalue weighted by atomic mass is 9.82. The average molecular weight is 264 g/mol. The van der Waals surface area contributed by atoms with Crippen LogP contribution in [0.4, 0.5) is 5.69 Å². The van der Waals surface area contributed by atoms with Gasteiger partial charge in [-0.05, 0) is 36.5 Å². The number of ether oxygens (including phenoxy) is 1. The fraction of sp³-hybridized carbons (Fsp3) is 0.500. The number of nitrogens with one attached hydrogen (secondary N) is 1. The first-order valence-corrected chi connectivity index (χ1v) is 6.45. The number of hydrogen-bond acceptors (Lipinski definition) is 4. The molecule has 5 nitrogen and oxygen atoms in total. The maximum Gasteiger partial charge on any atom is 0.251 e. The summed E-state index contributed by atoms with van der Waals surface area (Å²) < 4.78 is 5.33. The summed E-state index contributed by atoms with van der Waals surface area (Å²) in [6.45, 7) is 4.25. The first-order valence-electron chi connectivity index (χ1n) is 6.45. The van der Waals surface area contributed by atoms with Crippen LogP contribution in [0.1, 0.15) is 30.1 Å². The first kappa shape index (κ1) is 13.7. The van der Waals surface area contributed by atoms with Crippen LogP contribution in [-0.2, 0) is 4.74 Å². The van der Waals surface area contributed by atoms with Crippen LogP contribution < -0.4 is 11.1 Å². The quantitative estimate of drug-likeness (QED) is 0.571. The van der Waals surface area contributed by atoms with Crippen molar-refractivity contribution in [3.63, 3.8) is 0 Å². The van der Waals surface area contributed by atoms with Gasteiger partial charge in [-0.3, -0.25) is 4.79 Å². The number of amides is 1. The Morgan fingerprint density at radius 1 is 1.47 bits per heavy atom. The highest BCUT2D eigenvalue weighted by atomic mass is 16.5. The van der Waals surface area contributed by atoms with Crippen molar-refractivity contribution in [3.8, 4) is 5.75 Å². The van der Waals surface area contributed by atoms with Crippen LogP contribution in [0.2, 0.25) is 0 Å². The standard InChI is InChI=1S/C14H20N2O3/c1-14(4-6-19-7-5-14)9-16-13(18)10-2-3-11(15)12(17)8-10/h2-3,8,17H,4-7,9,15H2,1H3,(H,16,18). The van der Waals surface area contributed by atoms with Gasteiger partial charge in [0.25, 0.3) is 5.91 Å². The van der Waals surface area contributed by atoms with Gasteiger partial charge >= 0.3 is 0 Å². The van der Waals surface area contributed by atoms with E-state index in [1.807, 2.05) is 0 Å². The van der Waals surface area contributed by atoms with E-state index in [1.165, 1.54) is 12.1 Å². The zero-order valence-electron chi connectivity index (χ0n) is 11.1. The molecule has 4 N–H and O–H groups in total. The fourth-order valence-electron chi connectivity index (χ4n) is 2.12. The van der Waals surface area contributed by atoms with Crippen LogP contribution in [-0.4, -0.2) is 30.8 Å². The summed E-state index contributed by atoms with van der Waals surface area (Å²) in [4.78, 5) is 12.0. The second-order valence-corrected chi connectivity index (χ2v) is 5.38. The minimum Gasteiger partial charge on any atom is -0.506 e. The lowest BCUT2D eigenvalue weighted by molar-refractivity contribution is 0.0238. The molecule has 19 heavy (non-hydrogen) atoms. The zero-order chi connectivity index (χ0) is 13.9. The van der Waals surface area contributed by atoms with Crippen LogP contribution in [0.25, 0.3) is 0 Å². The molecular formula is C14H20N2O3. The Morgan fingerprint density at radius 3 is 2.79 bits per heavy atom. The molecule has 0 saturated carbocycles. The van der Waals surface area contributed by atoms with Crippen LogP contribution >= 0.6 is 0 Å². The van der Waals surface area contributed by atoms with Gasteiger partial charge in [-0.1, -0.05) is 6.92 Å². The largest absolute Gasteiger partial charge is 0.506 e. The molecule has 1 fully saturated rings. The minimum absolute atomic E-state index is 0.0649. The summed E-state index contributed by atoms with van der Waals surface area (Å²) in [5.74, 6) is -0.257. The molecule has 0 radical (unpaired) electrons. The van der Waals surface area contributed by atoms with Crippen molar-refractivity contribution in [1.82, 2.24) is 5.32 Å². The third-order valence-corrected chi connectivity index (χ3v) is 3.67. The number of carbonyl (C=O) groups is 1. The van der Waals surface area contributed by atoms with Gasteiger partial charge in [0.2, 0.25) is 0 Å². The molecule has 1 aromatic carbocycles. The highest BCUT2D eigenvalue weighted by Crippen LogP contribution is 2.29. The number of anilines is 1. The molecule has 0 aromatic heterocycles. The number of nitrogens with two attached hydrogens (primary N) is 1. The van der Waals surface area contributed by atoms with E-state index < -0.39 is 0 Å². The summed E-state index contributed by atoms with van der Waals surface area (Å²) in [7, 11) is 0. The zero-order valence-corrected chi connectivity index (χ0v) is 11.1. The Morgan fingerprint density at radius 2 is 2.16 bits per heavy atom. The number of phenols is 1. The van der Waals surface area contributed by atoms with E-state index in [4.69, 9.17) is 10.5 Å². The number of nitrogen functional groups attached to an aromatic ring is 1. The average Bonchev–Trinajstić information content (AvgIpc) is 2.40. The number of benzene rings is 1. The van der Waals surface area contributed by atoms with Gasteiger partial charge in [0.05, 0.1) is 5.69 Å². The number of phenolic OH excluding ortho intramolecular Hbond substituents is 1. The van der Waals surface area contributed by atoms with Crippen molar-refractivity contribution in [3.05, 3.63) is 23.8 Å². The first-order chi connectivity index (χ1) is 9.00. The molecule has 1 amide bonds. The SMILES string of the molecule is CC1(CNC(=O)c2ccc(N)c(O)c2)CCOCC1. The van der Waals surface area contributed by atoms with Crippen molar-refractivity contribution in [1.29, 1.82) is 0 Å². The maximum absolute atomic E-state index is 12.0. The Bertz CT molecular complexity index is 468. The van der Waals surface area contributed by atoms with Crippen LogP contribution in [0, 0.1) is 5.41 Å². The van der Waals surface area contributed by atoms with Crippen molar-refractivity contribution < 1.29 is 14.6 Å². The van der Waals surface area contributed by atoms with Crippen molar-refractivity contribution >= 4 is 11.6 Å². The van der Waals surface area contributed by atoms with Crippen molar-refractivity contribution in [2.75, 3.05) is 25.5 Å². The van der Waals surface area contributed by atoms with Gasteiger partial charge in [-0.2, -0.15) is 0 Å². The van der Waals surface area contributed by atoms with E-state index in [0.29, 0.717) is 12.1 Å². The predicted molar refractivity (Wildman–Crippen MR) is 73.0 cm³/mol. The Kier molecular flexibility index (Phi) is 3.95. The molecule has 1 aliphatic rings. The van der Waals surface area contributed by atoms with Crippen LogP contribution in [0.3, 0.4) is 0 Å². The summed E-state index contributed by atoms with van der Waals surface area (Å²) in [5.41, 5.74) is 6.28. The molecule has 0 aliphatic carbocycles. The van der Waals surface area contributed by atoms with Gasteiger partial charge < -0.3 is 20.9 Å². The topological polar surface area (TPSA) is 84.6 Å². The monoisotopic (exact) mass is 264 g/mol.